The van der Waals surface area contributed by atoms with Crippen LogP contribution in [0.2, 0.25) is 0 Å². The van der Waals surface area contributed by atoms with Crippen LogP contribution in [-0.2, 0) is 5.60 Å². The molecule has 0 amide bonds. The van der Waals surface area contributed by atoms with Gasteiger partial charge in [-0.25, -0.2) is 0 Å². The van der Waals surface area contributed by atoms with E-state index in [1.165, 1.54) is 13.0 Å². The molecule has 26 heavy (non-hydrogen) atoms. The van der Waals surface area contributed by atoms with E-state index in [1.54, 1.807) is 0 Å². The zero-order valence-corrected chi connectivity index (χ0v) is 14.5. The van der Waals surface area contributed by atoms with E-state index in [1.807, 2.05) is 60.7 Å². The summed E-state index contributed by atoms with van der Waals surface area (Å²) in [4.78, 5) is 7.13. The van der Waals surface area contributed by atoms with Crippen LogP contribution in [0.5, 0.6) is 0 Å². The Morgan fingerprint density at radius 2 is 1.62 bits per heavy atom. The molecule has 3 heterocycles. The second kappa shape index (κ2) is 6.04. The standard InChI is InChI=1S/C21H21N3O2/c25-21(16-7-3-1-4-8-16,17-9-5-2-6-10-17)20-22-19(26-23-20)18-14-24-12-11-15(18)13-24/h1-10,15,18,25H,11-14H2. The van der Waals surface area contributed by atoms with Crippen molar-refractivity contribution in [1.29, 1.82) is 0 Å². The summed E-state index contributed by atoms with van der Waals surface area (Å²) in [7, 11) is 0. The minimum absolute atomic E-state index is 0.279. The maximum Gasteiger partial charge on any atom is 0.231 e. The van der Waals surface area contributed by atoms with Gasteiger partial charge in [0.15, 0.2) is 5.60 Å². The average Bonchev–Trinajstić information content (AvgIpc) is 3.45. The second-order valence-electron chi connectivity index (χ2n) is 7.31. The highest BCUT2D eigenvalue weighted by atomic mass is 16.5. The molecule has 0 radical (unpaired) electrons. The van der Waals surface area contributed by atoms with Crippen molar-refractivity contribution in [1.82, 2.24) is 15.0 Å². The molecule has 132 valence electrons. The van der Waals surface area contributed by atoms with E-state index in [0.29, 0.717) is 17.6 Å². The molecule has 3 aromatic rings. The lowest BCUT2D eigenvalue weighted by Crippen LogP contribution is -2.30. The Morgan fingerprint density at radius 3 is 2.15 bits per heavy atom. The van der Waals surface area contributed by atoms with Crippen molar-refractivity contribution >= 4 is 0 Å². The molecular weight excluding hydrogens is 326 g/mol. The highest BCUT2D eigenvalue weighted by Crippen LogP contribution is 2.41. The van der Waals surface area contributed by atoms with E-state index in [9.17, 15) is 5.11 Å². The third-order valence-electron chi connectivity index (χ3n) is 5.80. The summed E-state index contributed by atoms with van der Waals surface area (Å²) >= 11 is 0. The molecule has 2 bridgehead atoms. The fraction of sp³-hybridized carbons (Fsp3) is 0.333. The van der Waals surface area contributed by atoms with Crippen molar-refractivity contribution in [2.24, 2.45) is 5.92 Å². The smallest absolute Gasteiger partial charge is 0.231 e. The molecule has 5 heteroatoms. The number of piperidine rings is 1. The second-order valence-corrected chi connectivity index (χ2v) is 7.31. The van der Waals surface area contributed by atoms with Crippen molar-refractivity contribution in [2.45, 2.75) is 17.9 Å². The number of fused-ring (bicyclic) bond motifs is 2. The molecule has 3 unspecified atom stereocenters. The molecule has 2 saturated heterocycles. The van der Waals surface area contributed by atoms with Gasteiger partial charge in [0.2, 0.25) is 11.7 Å². The summed E-state index contributed by atoms with van der Waals surface area (Å²) in [6, 6.07) is 19.1. The largest absolute Gasteiger partial charge is 0.373 e. The number of nitrogens with zero attached hydrogens (tertiary/aromatic N) is 3. The van der Waals surface area contributed by atoms with Crippen LogP contribution >= 0.6 is 0 Å². The van der Waals surface area contributed by atoms with Crippen molar-refractivity contribution in [3.63, 3.8) is 0 Å². The number of hydrogen-bond donors (Lipinski definition) is 1. The van der Waals surface area contributed by atoms with Gasteiger partial charge in [-0.1, -0.05) is 65.8 Å². The van der Waals surface area contributed by atoms with E-state index in [0.717, 1.165) is 24.2 Å². The SMILES string of the molecule is OC(c1ccccc1)(c1ccccc1)c1noc(C2CN3CCC2C3)n1. The van der Waals surface area contributed by atoms with Gasteiger partial charge in [0.25, 0.3) is 0 Å². The zero-order chi connectivity index (χ0) is 17.6. The van der Waals surface area contributed by atoms with Crippen LogP contribution in [0.15, 0.2) is 65.2 Å². The Kier molecular flexibility index (Phi) is 3.65. The molecule has 0 saturated carbocycles. The maximum absolute atomic E-state index is 11.7. The average molecular weight is 347 g/mol. The topological polar surface area (TPSA) is 62.4 Å². The van der Waals surface area contributed by atoms with Crippen LogP contribution in [0.1, 0.15) is 35.2 Å². The first-order valence-corrected chi connectivity index (χ1v) is 9.15. The Labute approximate surface area is 152 Å². The van der Waals surface area contributed by atoms with Gasteiger partial charge in [0.05, 0.1) is 5.92 Å². The van der Waals surface area contributed by atoms with Gasteiger partial charge in [-0.3, -0.25) is 0 Å². The normalized spacial score (nSPS) is 24.9. The Morgan fingerprint density at radius 1 is 0.962 bits per heavy atom. The Bertz CT molecular complexity index is 854. The molecule has 1 aromatic heterocycles. The van der Waals surface area contributed by atoms with Crippen LogP contribution in [0.3, 0.4) is 0 Å². The number of aromatic nitrogens is 2. The monoisotopic (exact) mass is 347 g/mol. The molecular formula is C21H21N3O2. The molecule has 5 rings (SSSR count). The Hall–Kier alpha value is -2.50. The minimum atomic E-state index is -1.43. The van der Waals surface area contributed by atoms with Gasteiger partial charge < -0.3 is 14.5 Å². The number of rotatable bonds is 4. The number of benzene rings is 2. The number of hydrogen-bond acceptors (Lipinski definition) is 5. The summed E-state index contributed by atoms with van der Waals surface area (Å²) in [5.41, 5.74) is 0.0350. The van der Waals surface area contributed by atoms with E-state index in [4.69, 9.17) is 4.52 Å². The quantitative estimate of drug-likeness (QED) is 0.786. The predicted molar refractivity (Wildman–Crippen MR) is 96.6 cm³/mol. The van der Waals surface area contributed by atoms with Gasteiger partial charge >= 0.3 is 0 Å². The van der Waals surface area contributed by atoms with Gasteiger partial charge in [-0.05, 0) is 30.0 Å². The summed E-state index contributed by atoms with van der Waals surface area (Å²) in [5, 5.41) is 15.9. The van der Waals surface area contributed by atoms with E-state index >= 15 is 0 Å². The molecule has 0 aliphatic carbocycles. The third-order valence-corrected chi connectivity index (χ3v) is 5.80. The minimum Gasteiger partial charge on any atom is -0.373 e. The fourth-order valence-corrected chi connectivity index (χ4v) is 4.38. The summed E-state index contributed by atoms with van der Waals surface area (Å²) in [5.74, 6) is 1.82. The summed E-state index contributed by atoms with van der Waals surface area (Å²) < 4.78 is 5.64. The first-order valence-electron chi connectivity index (χ1n) is 9.15. The van der Waals surface area contributed by atoms with Gasteiger partial charge in [0.1, 0.15) is 0 Å². The Balaban J connectivity index is 1.58. The lowest BCUT2D eigenvalue weighted by molar-refractivity contribution is 0.112. The fourth-order valence-electron chi connectivity index (χ4n) is 4.38. The highest BCUT2D eigenvalue weighted by Gasteiger charge is 2.44. The van der Waals surface area contributed by atoms with Crippen molar-refractivity contribution < 1.29 is 9.63 Å². The lowest BCUT2D eigenvalue weighted by atomic mass is 9.85. The first kappa shape index (κ1) is 15.7. The van der Waals surface area contributed by atoms with Crippen LogP contribution < -0.4 is 0 Å². The maximum atomic E-state index is 11.7. The highest BCUT2D eigenvalue weighted by molar-refractivity contribution is 5.42. The van der Waals surface area contributed by atoms with Crippen LogP contribution in [0.4, 0.5) is 0 Å². The molecule has 3 atom stereocenters. The van der Waals surface area contributed by atoms with Gasteiger partial charge in [-0.15, -0.1) is 0 Å². The molecule has 2 aromatic carbocycles. The zero-order valence-electron chi connectivity index (χ0n) is 14.5. The van der Waals surface area contributed by atoms with E-state index in [-0.39, 0.29) is 5.92 Å². The summed E-state index contributed by atoms with van der Waals surface area (Å²) in [6.45, 7) is 3.26. The van der Waals surface area contributed by atoms with Crippen LogP contribution in [0.25, 0.3) is 0 Å². The van der Waals surface area contributed by atoms with Crippen LogP contribution in [-0.4, -0.2) is 39.8 Å². The van der Waals surface area contributed by atoms with Crippen LogP contribution in [0, 0.1) is 5.92 Å². The molecule has 2 fully saturated rings. The molecule has 2 aliphatic rings. The van der Waals surface area contributed by atoms with Crippen molar-refractivity contribution in [2.75, 3.05) is 19.6 Å². The summed E-state index contributed by atoms with van der Waals surface area (Å²) in [6.07, 6.45) is 1.18. The third kappa shape index (κ3) is 2.39. The first-order chi connectivity index (χ1) is 12.7. The van der Waals surface area contributed by atoms with E-state index < -0.39 is 5.60 Å². The lowest BCUT2D eigenvalue weighted by Gasteiger charge is -2.26. The molecule has 5 nitrogen and oxygen atoms in total. The number of aliphatic hydroxyl groups is 1. The van der Waals surface area contributed by atoms with E-state index in [2.05, 4.69) is 15.0 Å². The van der Waals surface area contributed by atoms with Crippen molar-refractivity contribution in [3.8, 4) is 0 Å². The molecule has 2 aliphatic heterocycles. The predicted octanol–water partition coefficient (Wildman–Crippen LogP) is 2.77. The van der Waals surface area contributed by atoms with Gasteiger partial charge in [0, 0.05) is 13.1 Å². The molecule has 0 spiro atoms. The molecule has 1 N–H and O–H groups in total. The van der Waals surface area contributed by atoms with Gasteiger partial charge in [-0.2, -0.15) is 4.98 Å². The van der Waals surface area contributed by atoms with Crippen molar-refractivity contribution in [3.05, 3.63) is 83.5 Å².